The number of anilines is 1. The van der Waals surface area contributed by atoms with Crippen LogP contribution in [-0.4, -0.2) is 30.7 Å². The minimum absolute atomic E-state index is 0.162. The molecule has 0 aliphatic carbocycles. The van der Waals surface area contributed by atoms with E-state index in [1.165, 1.54) is 38.7 Å². The summed E-state index contributed by atoms with van der Waals surface area (Å²) in [4.78, 5) is 20.0. The van der Waals surface area contributed by atoms with E-state index in [9.17, 15) is 4.79 Å². The molecule has 0 aromatic heterocycles. The zero-order valence-electron chi connectivity index (χ0n) is 20.0. The molecule has 6 heteroatoms. The van der Waals surface area contributed by atoms with Gasteiger partial charge in [-0.25, -0.2) is 4.99 Å². The maximum Gasteiger partial charge on any atom is 0.283 e. The molecule has 0 spiro atoms. The number of rotatable bonds is 6. The van der Waals surface area contributed by atoms with Crippen molar-refractivity contribution in [1.82, 2.24) is 0 Å². The molecule has 36 heavy (non-hydrogen) atoms. The highest BCUT2D eigenvalue weighted by Gasteiger charge is 2.32. The molecule has 0 N–H and O–H groups in total. The molecule has 178 valence electrons. The summed E-state index contributed by atoms with van der Waals surface area (Å²) in [7, 11) is 1.62. The van der Waals surface area contributed by atoms with Crippen LogP contribution in [0, 0.1) is 0 Å². The number of hydrogen-bond donors (Lipinski definition) is 0. The number of amidine groups is 1. The van der Waals surface area contributed by atoms with Crippen molar-refractivity contribution in [2.75, 3.05) is 24.6 Å². The minimum atomic E-state index is -0.162. The number of ether oxygens (including phenoxy) is 2. The molecule has 1 aliphatic heterocycles. The normalized spacial score (nSPS) is 15.1. The van der Waals surface area contributed by atoms with E-state index in [1.807, 2.05) is 37.3 Å². The third-order valence-corrected chi connectivity index (χ3v) is 7.31. The monoisotopic (exact) mass is 492 g/mol. The lowest BCUT2D eigenvalue weighted by molar-refractivity contribution is -0.113. The summed E-state index contributed by atoms with van der Waals surface area (Å²) in [6, 6.07) is 26.6. The zero-order valence-corrected chi connectivity index (χ0v) is 20.8. The molecule has 0 radical (unpaired) electrons. The molecule has 5 aromatic carbocycles. The van der Waals surface area contributed by atoms with Crippen LogP contribution in [0.5, 0.6) is 5.75 Å². The smallest absolute Gasteiger partial charge is 0.283 e. The molecule has 1 aliphatic rings. The van der Waals surface area contributed by atoms with Gasteiger partial charge in [-0.1, -0.05) is 66.4 Å². The first-order valence-corrected chi connectivity index (χ1v) is 12.8. The lowest BCUT2D eigenvalue weighted by Gasteiger charge is -2.18. The predicted molar refractivity (Wildman–Crippen MR) is 150 cm³/mol. The Kier molecular flexibility index (Phi) is 5.83. The summed E-state index contributed by atoms with van der Waals surface area (Å²) in [5.74, 6) is 0.987. The SMILES string of the molecule is CCOCSC1=N/C(=C\c2ccc3ccc4cccc5ccc2c3c45)C(=O)N1c1ccc(OC)cc1. The van der Waals surface area contributed by atoms with Gasteiger partial charge in [0.15, 0.2) is 5.17 Å². The van der Waals surface area contributed by atoms with Gasteiger partial charge < -0.3 is 9.47 Å². The van der Waals surface area contributed by atoms with E-state index in [0.717, 1.165) is 22.4 Å². The highest BCUT2D eigenvalue weighted by Crippen LogP contribution is 2.37. The Balaban J connectivity index is 1.46. The van der Waals surface area contributed by atoms with Crippen LogP contribution < -0.4 is 9.64 Å². The van der Waals surface area contributed by atoms with Gasteiger partial charge in [0.05, 0.1) is 18.7 Å². The van der Waals surface area contributed by atoms with E-state index < -0.39 is 0 Å². The van der Waals surface area contributed by atoms with E-state index in [-0.39, 0.29) is 5.91 Å². The molecule has 1 amide bonds. The van der Waals surface area contributed by atoms with Gasteiger partial charge in [-0.2, -0.15) is 0 Å². The van der Waals surface area contributed by atoms with Crippen molar-refractivity contribution in [3.8, 4) is 5.75 Å². The topological polar surface area (TPSA) is 51.1 Å². The predicted octanol–water partition coefficient (Wildman–Crippen LogP) is 7.06. The highest BCUT2D eigenvalue weighted by molar-refractivity contribution is 8.14. The van der Waals surface area contributed by atoms with Gasteiger partial charge in [-0.15, -0.1) is 0 Å². The van der Waals surface area contributed by atoms with E-state index >= 15 is 0 Å². The van der Waals surface area contributed by atoms with Crippen LogP contribution >= 0.6 is 11.8 Å². The van der Waals surface area contributed by atoms with E-state index in [1.54, 1.807) is 12.0 Å². The summed E-state index contributed by atoms with van der Waals surface area (Å²) in [6.07, 6.45) is 1.90. The first-order chi connectivity index (χ1) is 17.7. The molecule has 1 heterocycles. The zero-order chi connectivity index (χ0) is 24.6. The van der Waals surface area contributed by atoms with Crippen LogP contribution in [0.2, 0.25) is 0 Å². The van der Waals surface area contributed by atoms with Gasteiger partial charge in [0, 0.05) is 6.61 Å². The Morgan fingerprint density at radius 3 is 2.31 bits per heavy atom. The van der Waals surface area contributed by atoms with Crippen LogP contribution in [0.1, 0.15) is 12.5 Å². The van der Waals surface area contributed by atoms with Crippen LogP contribution in [-0.2, 0) is 9.53 Å². The molecule has 0 saturated heterocycles. The minimum Gasteiger partial charge on any atom is -0.497 e. The highest BCUT2D eigenvalue weighted by atomic mass is 32.2. The van der Waals surface area contributed by atoms with Crippen molar-refractivity contribution in [3.63, 3.8) is 0 Å². The van der Waals surface area contributed by atoms with Gasteiger partial charge >= 0.3 is 0 Å². The molecule has 0 bridgehead atoms. The van der Waals surface area contributed by atoms with E-state index in [2.05, 4.69) is 54.6 Å². The first kappa shape index (κ1) is 22.6. The van der Waals surface area contributed by atoms with Crippen LogP contribution in [0.4, 0.5) is 5.69 Å². The fourth-order valence-electron chi connectivity index (χ4n) is 4.76. The molecular formula is C30H24N2O3S. The lowest BCUT2D eigenvalue weighted by Crippen LogP contribution is -2.30. The number of nitrogens with zero attached hydrogens (tertiary/aromatic N) is 2. The average Bonchev–Trinajstić information content (AvgIpc) is 3.22. The third-order valence-electron chi connectivity index (χ3n) is 6.49. The summed E-state index contributed by atoms with van der Waals surface area (Å²) >= 11 is 1.41. The van der Waals surface area contributed by atoms with Gasteiger partial charge in [-0.3, -0.25) is 9.69 Å². The number of thioether (sulfide) groups is 1. The van der Waals surface area contributed by atoms with Crippen molar-refractivity contribution in [3.05, 3.63) is 90.1 Å². The largest absolute Gasteiger partial charge is 0.497 e. The van der Waals surface area contributed by atoms with E-state index in [0.29, 0.717) is 23.4 Å². The van der Waals surface area contributed by atoms with Gasteiger partial charge in [0.2, 0.25) is 0 Å². The van der Waals surface area contributed by atoms with Gasteiger partial charge in [0.25, 0.3) is 5.91 Å². The van der Waals surface area contributed by atoms with Gasteiger partial charge in [-0.05, 0) is 75.1 Å². The molecule has 0 unspecified atom stereocenters. The maximum absolute atomic E-state index is 13.6. The Morgan fingerprint density at radius 2 is 1.58 bits per heavy atom. The van der Waals surface area contributed by atoms with E-state index in [4.69, 9.17) is 14.5 Å². The summed E-state index contributed by atoms with van der Waals surface area (Å²) in [5, 5.41) is 7.79. The second-order valence-corrected chi connectivity index (χ2v) is 9.42. The van der Waals surface area contributed by atoms with Crippen LogP contribution in [0.15, 0.2) is 89.6 Å². The quantitative estimate of drug-likeness (QED) is 0.110. The van der Waals surface area contributed by atoms with Crippen molar-refractivity contribution in [2.45, 2.75) is 6.92 Å². The number of hydrogen-bond acceptors (Lipinski definition) is 5. The van der Waals surface area contributed by atoms with Crippen molar-refractivity contribution >= 4 is 66.9 Å². The third kappa shape index (κ3) is 3.79. The lowest BCUT2D eigenvalue weighted by atomic mass is 9.92. The standard InChI is InChI=1S/C30H24N2O3S/c1-3-35-18-36-30-31-26(29(33)32(30)23-12-14-24(34-2)15-13-23)17-22-10-9-21-8-7-19-5-4-6-20-11-16-25(22)28(21)27(19)20/h4-17H,3,18H2,1-2H3/b26-17-. The van der Waals surface area contributed by atoms with Crippen molar-refractivity contribution < 1.29 is 14.3 Å². The summed E-state index contributed by atoms with van der Waals surface area (Å²) < 4.78 is 10.8. The second kappa shape index (κ2) is 9.30. The number of methoxy groups -OCH3 is 1. The number of aliphatic imine (C=N–C) groups is 1. The van der Waals surface area contributed by atoms with Crippen molar-refractivity contribution in [2.24, 2.45) is 4.99 Å². The van der Waals surface area contributed by atoms with Crippen molar-refractivity contribution in [1.29, 1.82) is 0 Å². The van der Waals surface area contributed by atoms with Gasteiger partial charge in [0.1, 0.15) is 11.4 Å². The second-order valence-electron chi connectivity index (χ2n) is 8.53. The molecule has 0 atom stereocenters. The molecule has 0 fully saturated rings. The Hall–Kier alpha value is -3.87. The Bertz CT molecular complexity index is 1640. The number of benzene rings is 5. The summed E-state index contributed by atoms with van der Waals surface area (Å²) in [6.45, 7) is 2.55. The first-order valence-electron chi connectivity index (χ1n) is 11.8. The molecular weight excluding hydrogens is 468 g/mol. The number of amides is 1. The van der Waals surface area contributed by atoms with Crippen LogP contribution in [0.25, 0.3) is 38.4 Å². The fraction of sp³-hybridized carbons (Fsp3) is 0.133. The van der Waals surface area contributed by atoms with Crippen LogP contribution in [0.3, 0.4) is 0 Å². The fourth-order valence-corrected chi connectivity index (χ4v) is 5.60. The molecule has 6 rings (SSSR count). The Labute approximate surface area is 213 Å². The average molecular weight is 493 g/mol. The Morgan fingerprint density at radius 1 is 0.889 bits per heavy atom. The number of carbonyl (C=O) groups excluding carboxylic acids is 1. The molecule has 5 nitrogen and oxygen atoms in total. The molecule has 5 aromatic rings. The summed E-state index contributed by atoms with van der Waals surface area (Å²) in [5.41, 5.74) is 2.11. The molecule has 0 saturated carbocycles. The maximum atomic E-state index is 13.6. The number of carbonyl (C=O) groups is 1.